The number of nitrogens with zero attached hydrogens (tertiary/aromatic N) is 2. The first-order valence-corrected chi connectivity index (χ1v) is 8.75. The number of pyridine rings is 1. The van der Waals surface area contributed by atoms with E-state index in [1.165, 1.54) is 10.6 Å². The van der Waals surface area contributed by atoms with Gasteiger partial charge in [0.25, 0.3) is 5.56 Å². The smallest absolute Gasteiger partial charge is 0.250 e. The monoisotopic (exact) mass is 345 g/mol. The molecule has 0 bridgehead atoms. The number of thiophene rings is 1. The molecule has 0 unspecified atom stereocenters. The zero-order valence-electron chi connectivity index (χ0n) is 12.5. The third-order valence-electron chi connectivity index (χ3n) is 3.21. The van der Waals surface area contributed by atoms with E-state index in [1.807, 2.05) is 24.4 Å². The molecule has 1 N–H and O–H groups in total. The Hall–Kier alpha value is -2.25. The number of aromatic nitrogens is 2. The van der Waals surface area contributed by atoms with Gasteiger partial charge in [0.05, 0.1) is 22.1 Å². The minimum atomic E-state index is -0.183. The third kappa shape index (κ3) is 3.94. The van der Waals surface area contributed by atoms with Gasteiger partial charge in [0.15, 0.2) is 0 Å². The molecule has 0 spiro atoms. The van der Waals surface area contributed by atoms with E-state index in [0.29, 0.717) is 6.54 Å². The fraction of sp³-hybridized carbons (Fsp3) is 0.188. The van der Waals surface area contributed by atoms with Crippen molar-refractivity contribution in [2.75, 3.05) is 0 Å². The van der Waals surface area contributed by atoms with Crippen molar-refractivity contribution >= 4 is 28.6 Å². The van der Waals surface area contributed by atoms with Gasteiger partial charge >= 0.3 is 0 Å². The number of hydrogen-bond donors (Lipinski definition) is 1. The Kier molecular flexibility index (Phi) is 4.68. The van der Waals surface area contributed by atoms with Crippen LogP contribution in [0.15, 0.2) is 46.7 Å². The Morgan fingerprint density at radius 1 is 1.30 bits per heavy atom. The van der Waals surface area contributed by atoms with E-state index in [1.54, 1.807) is 41.0 Å². The quantitative estimate of drug-likeness (QED) is 0.773. The highest BCUT2D eigenvalue weighted by Crippen LogP contribution is 2.28. The van der Waals surface area contributed by atoms with Gasteiger partial charge in [-0.25, -0.2) is 4.98 Å². The molecule has 0 saturated carbocycles. The van der Waals surface area contributed by atoms with Gasteiger partial charge in [0.2, 0.25) is 5.91 Å². The van der Waals surface area contributed by atoms with Crippen molar-refractivity contribution in [1.29, 1.82) is 0 Å². The normalized spacial score (nSPS) is 10.7. The van der Waals surface area contributed by atoms with Crippen molar-refractivity contribution in [3.05, 3.63) is 62.1 Å². The zero-order valence-corrected chi connectivity index (χ0v) is 14.1. The van der Waals surface area contributed by atoms with Crippen LogP contribution in [0.2, 0.25) is 0 Å². The maximum atomic E-state index is 11.9. The van der Waals surface area contributed by atoms with Crippen molar-refractivity contribution in [2.45, 2.75) is 20.0 Å². The molecule has 0 radical (unpaired) electrons. The first kappa shape index (κ1) is 15.6. The van der Waals surface area contributed by atoms with Crippen molar-refractivity contribution in [3.8, 4) is 10.6 Å². The van der Waals surface area contributed by atoms with Crippen LogP contribution in [0.1, 0.15) is 9.88 Å². The highest BCUT2D eigenvalue weighted by molar-refractivity contribution is 7.16. The Morgan fingerprint density at radius 2 is 2.17 bits per heavy atom. The molecule has 0 aliphatic rings. The Morgan fingerprint density at radius 3 is 2.91 bits per heavy atom. The summed E-state index contributed by atoms with van der Waals surface area (Å²) in [5.41, 5.74) is 0.797. The van der Waals surface area contributed by atoms with Crippen LogP contribution in [0, 0.1) is 6.92 Å². The van der Waals surface area contributed by atoms with Crippen LogP contribution < -0.4 is 10.9 Å². The van der Waals surface area contributed by atoms with Gasteiger partial charge in [-0.2, -0.15) is 0 Å². The standard InChI is InChI=1S/C16H15N3O2S2/c1-11-18-13(10-22-11)14-6-5-12(23-14)8-17-15(20)9-19-7-3-2-4-16(19)21/h2-7,10H,8-9H2,1H3,(H,17,20). The molecular formula is C16H15N3O2S2. The molecule has 0 fully saturated rings. The number of aryl methyl sites for hydroxylation is 1. The highest BCUT2D eigenvalue weighted by atomic mass is 32.1. The molecule has 3 aromatic heterocycles. The predicted molar refractivity (Wildman–Crippen MR) is 92.7 cm³/mol. The summed E-state index contributed by atoms with van der Waals surface area (Å²) in [6, 6.07) is 8.83. The van der Waals surface area contributed by atoms with Crippen molar-refractivity contribution < 1.29 is 4.79 Å². The van der Waals surface area contributed by atoms with Crippen LogP contribution >= 0.6 is 22.7 Å². The molecule has 0 aliphatic heterocycles. The average molecular weight is 345 g/mol. The first-order valence-electron chi connectivity index (χ1n) is 7.05. The minimum Gasteiger partial charge on any atom is -0.350 e. The largest absolute Gasteiger partial charge is 0.350 e. The number of amides is 1. The lowest BCUT2D eigenvalue weighted by atomic mass is 10.3. The maximum Gasteiger partial charge on any atom is 0.250 e. The third-order valence-corrected chi connectivity index (χ3v) is 5.09. The van der Waals surface area contributed by atoms with E-state index in [9.17, 15) is 9.59 Å². The molecular weight excluding hydrogens is 330 g/mol. The Bertz CT molecular complexity index is 879. The average Bonchev–Trinajstić information content (AvgIpc) is 3.16. The fourth-order valence-electron chi connectivity index (χ4n) is 2.07. The van der Waals surface area contributed by atoms with Gasteiger partial charge in [0.1, 0.15) is 6.54 Å². The molecule has 3 aromatic rings. The molecule has 3 rings (SSSR count). The Labute approximate surface area is 141 Å². The number of nitrogens with one attached hydrogen (secondary N) is 1. The minimum absolute atomic E-state index is 0.0309. The lowest BCUT2D eigenvalue weighted by Gasteiger charge is -2.05. The second-order valence-corrected chi connectivity index (χ2v) is 7.19. The van der Waals surface area contributed by atoms with Crippen LogP contribution in [0.25, 0.3) is 10.6 Å². The lowest BCUT2D eigenvalue weighted by molar-refractivity contribution is -0.121. The molecule has 5 nitrogen and oxygen atoms in total. The second kappa shape index (κ2) is 6.89. The summed E-state index contributed by atoms with van der Waals surface area (Å²) in [7, 11) is 0. The van der Waals surface area contributed by atoms with Crippen molar-refractivity contribution in [2.24, 2.45) is 0 Å². The summed E-state index contributed by atoms with van der Waals surface area (Å²) in [6.07, 6.45) is 1.61. The summed E-state index contributed by atoms with van der Waals surface area (Å²) in [5.74, 6) is -0.183. The summed E-state index contributed by atoms with van der Waals surface area (Å²) >= 11 is 3.23. The molecule has 118 valence electrons. The van der Waals surface area contributed by atoms with E-state index in [-0.39, 0.29) is 18.0 Å². The van der Waals surface area contributed by atoms with E-state index < -0.39 is 0 Å². The van der Waals surface area contributed by atoms with Crippen LogP contribution in [0.5, 0.6) is 0 Å². The van der Waals surface area contributed by atoms with E-state index in [0.717, 1.165) is 20.5 Å². The fourth-order valence-corrected chi connectivity index (χ4v) is 3.67. The second-order valence-electron chi connectivity index (χ2n) is 4.96. The summed E-state index contributed by atoms with van der Waals surface area (Å²) in [6.45, 7) is 2.46. The van der Waals surface area contributed by atoms with Crippen molar-refractivity contribution in [3.63, 3.8) is 0 Å². The van der Waals surface area contributed by atoms with E-state index in [2.05, 4.69) is 10.3 Å². The SMILES string of the molecule is Cc1nc(-c2ccc(CNC(=O)Cn3ccccc3=O)s2)cs1. The molecule has 1 amide bonds. The van der Waals surface area contributed by atoms with Gasteiger partial charge in [-0.15, -0.1) is 22.7 Å². The summed E-state index contributed by atoms with van der Waals surface area (Å²) in [5, 5.41) is 5.91. The van der Waals surface area contributed by atoms with Crippen LogP contribution in [-0.4, -0.2) is 15.5 Å². The summed E-state index contributed by atoms with van der Waals surface area (Å²) in [4.78, 5) is 30.1. The maximum absolute atomic E-state index is 11.9. The van der Waals surface area contributed by atoms with Crippen LogP contribution in [0.3, 0.4) is 0 Å². The van der Waals surface area contributed by atoms with Gasteiger partial charge < -0.3 is 9.88 Å². The molecule has 0 aliphatic carbocycles. The van der Waals surface area contributed by atoms with E-state index >= 15 is 0 Å². The molecule has 7 heteroatoms. The number of carbonyl (C=O) groups excluding carboxylic acids is 1. The lowest BCUT2D eigenvalue weighted by Crippen LogP contribution is -2.31. The van der Waals surface area contributed by atoms with Crippen LogP contribution in [0.4, 0.5) is 0 Å². The van der Waals surface area contributed by atoms with Gasteiger partial charge in [0, 0.05) is 22.5 Å². The Balaban J connectivity index is 1.58. The van der Waals surface area contributed by atoms with Crippen LogP contribution in [-0.2, 0) is 17.9 Å². The topological polar surface area (TPSA) is 64.0 Å². The number of thiazole rings is 1. The predicted octanol–water partition coefficient (Wildman–Crippen LogP) is 2.66. The molecule has 0 aromatic carbocycles. The van der Waals surface area contributed by atoms with Gasteiger partial charge in [-0.3, -0.25) is 9.59 Å². The molecule has 0 atom stereocenters. The van der Waals surface area contributed by atoms with Crippen molar-refractivity contribution in [1.82, 2.24) is 14.9 Å². The number of carbonyl (C=O) groups is 1. The zero-order chi connectivity index (χ0) is 16.2. The number of rotatable bonds is 5. The molecule has 3 heterocycles. The van der Waals surface area contributed by atoms with E-state index in [4.69, 9.17) is 0 Å². The van der Waals surface area contributed by atoms with Gasteiger partial charge in [-0.1, -0.05) is 6.07 Å². The molecule has 0 saturated heterocycles. The first-order chi connectivity index (χ1) is 11.1. The summed E-state index contributed by atoms with van der Waals surface area (Å²) < 4.78 is 1.38. The highest BCUT2D eigenvalue weighted by Gasteiger charge is 2.08. The van der Waals surface area contributed by atoms with Gasteiger partial charge in [-0.05, 0) is 25.1 Å². The number of hydrogen-bond acceptors (Lipinski definition) is 5. The molecule has 23 heavy (non-hydrogen) atoms.